The number of rotatable bonds is 3. The van der Waals surface area contributed by atoms with E-state index in [9.17, 15) is 4.79 Å². The summed E-state index contributed by atoms with van der Waals surface area (Å²) < 4.78 is 6.17. The van der Waals surface area contributed by atoms with Gasteiger partial charge in [0.1, 0.15) is 11.5 Å². The summed E-state index contributed by atoms with van der Waals surface area (Å²) in [6.45, 7) is 4.46. The van der Waals surface area contributed by atoms with Crippen molar-refractivity contribution in [1.29, 1.82) is 0 Å². The molecule has 2 aliphatic rings. The number of nitrogens with one attached hydrogen (secondary N) is 1. The van der Waals surface area contributed by atoms with E-state index in [0.717, 1.165) is 46.7 Å². The number of carbonyl (C=O) groups excluding carboxylic acids is 1. The number of pyridine rings is 1. The molecule has 0 unspecified atom stereocenters. The number of benzene rings is 1. The molecule has 4 nitrogen and oxygen atoms in total. The van der Waals surface area contributed by atoms with Crippen molar-refractivity contribution < 1.29 is 9.21 Å². The van der Waals surface area contributed by atoms with Crippen molar-refractivity contribution in [1.82, 2.24) is 10.3 Å². The van der Waals surface area contributed by atoms with E-state index in [2.05, 4.69) is 16.9 Å². The summed E-state index contributed by atoms with van der Waals surface area (Å²) in [5, 5.41) is 2.98. The molecular weight excluding hydrogens is 324 g/mol. The number of nitrogens with zero attached hydrogens (tertiary/aromatic N) is 1. The molecule has 3 aromatic rings. The minimum absolute atomic E-state index is 0.0257. The number of aromatic nitrogens is 1. The lowest BCUT2D eigenvalue weighted by molar-refractivity contribution is 0.0932. The molecule has 1 saturated carbocycles. The van der Waals surface area contributed by atoms with Crippen molar-refractivity contribution in [2.24, 2.45) is 0 Å². The van der Waals surface area contributed by atoms with Crippen molar-refractivity contribution in [3.8, 4) is 22.6 Å². The lowest BCUT2D eigenvalue weighted by atomic mass is 9.95. The maximum absolute atomic E-state index is 12.2. The van der Waals surface area contributed by atoms with Crippen molar-refractivity contribution in [2.45, 2.75) is 18.3 Å². The quantitative estimate of drug-likeness (QED) is 0.766. The van der Waals surface area contributed by atoms with Gasteiger partial charge in [-0.25, -0.2) is 0 Å². The first kappa shape index (κ1) is 15.1. The second-order valence-corrected chi connectivity index (χ2v) is 7.07. The monoisotopic (exact) mass is 342 g/mol. The Kier molecular flexibility index (Phi) is 3.16. The molecule has 128 valence electrons. The van der Waals surface area contributed by atoms with E-state index in [1.807, 2.05) is 48.5 Å². The van der Waals surface area contributed by atoms with Crippen LogP contribution in [0, 0.1) is 0 Å². The minimum atomic E-state index is -0.0400. The van der Waals surface area contributed by atoms with Gasteiger partial charge in [-0.3, -0.25) is 9.78 Å². The van der Waals surface area contributed by atoms with Gasteiger partial charge >= 0.3 is 0 Å². The Hall–Kier alpha value is -3.14. The van der Waals surface area contributed by atoms with Crippen LogP contribution in [0.25, 0.3) is 28.7 Å². The number of furan rings is 1. The number of carbonyl (C=O) groups is 1. The minimum Gasteiger partial charge on any atom is -0.460 e. The zero-order valence-corrected chi connectivity index (χ0v) is 14.3. The zero-order chi connectivity index (χ0) is 17.7. The summed E-state index contributed by atoms with van der Waals surface area (Å²) in [6, 6.07) is 13.9. The summed E-state index contributed by atoms with van der Waals surface area (Å²) >= 11 is 0. The average molecular weight is 342 g/mol. The van der Waals surface area contributed by atoms with E-state index in [4.69, 9.17) is 4.42 Å². The molecule has 26 heavy (non-hydrogen) atoms. The van der Waals surface area contributed by atoms with Crippen LogP contribution >= 0.6 is 0 Å². The Morgan fingerprint density at radius 2 is 1.92 bits per heavy atom. The molecule has 1 aromatic carbocycles. The molecule has 1 N–H and O–H groups in total. The van der Waals surface area contributed by atoms with Gasteiger partial charge in [0.25, 0.3) is 5.91 Å². The van der Waals surface area contributed by atoms with Gasteiger partial charge in [0.05, 0.1) is 11.3 Å². The molecule has 1 amide bonds. The Morgan fingerprint density at radius 1 is 1.12 bits per heavy atom. The average Bonchev–Trinajstić information content (AvgIpc) is 3.32. The Morgan fingerprint density at radius 3 is 2.65 bits per heavy atom. The van der Waals surface area contributed by atoms with Crippen molar-refractivity contribution >= 4 is 12.0 Å². The lowest BCUT2D eigenvalue weighted by Crippen LogP contribution is -2.38. The van der Waals surface area contributed by atoms with E-state index in [1.54, 1.807) is 6.20 Å². The van der Waals surface area contributed by atoms with E-state index >= 15 is 0 Å². The third-order valence-corrected chi connectivity index (χ3v) is 5.39. The summed E-state index contributed by atoms with van der Waals surface area (Å²) in [5.74, 6) is 1.54. The van der Waals surface area contributed by atoms with Gasteiger partial charge < -0.3 is 9.73 Å². The fourth-order valence-corrected chi connectivity index (χ4v) is 3.61. The van der Waals surface area contributed by atoms with Crippen LogP contribution < -0.4 is 5.32 Å². The van der Waals surface area contributed by atoms with Crippen molar-refractivity contribution in [3.05, 3.63) is 72.1 Å². The first-order chi connectivity index (χ1) is 12.7. The molecule has 0 bridgehead atoms. The molecule has 3 heterocycles. The van der Waals surface area contributed by atoms with Gasteiger partial charge in [-0.2, -0.15) is 0 Å². The van der Waals surface area contributed by atoms with Crippen LogP contribution in [-0.2, 0) is 5.41 Å². The SMILES string of the molecule is C=Cc1ccc(-c2cc(-c3cc4c(o3)C3(CC3)CNC4=O)ccn2)cc1. The molecule has 0 atom stereocenters. The molecule has 5 rings (SSSR count). The van der Waals surface area contributed by atoms with Crippen LogP contribution in [0.1, 0.15) is 34.5 Å². The van der Waals surface area contributed by atoms with E-state index < -0.39 is 0 Å². The zero-order valence-electron chi connectivity index (χ0n) is 14.3. The van der Waals surface area contributed by atoms with Crippen LogP contribution in [0.3, 0.4) is 0 Å². The molecule has 1 aliphatic carbocycles. The summed E-state index contributed by atoms with van der Waals surface area (Å²) in [6.07, 6.45) is 5.75. The molecule has 4 heteroatoms. The van der Waals surface area contributed by atoms with Crippen molar-refractivity contribution in [2.75, 3.05) is 6.54 Å². The van der Waals surface area contributed by atoms with E-state index in [1.165, 1.54) is 0 Å². The van der Waals surface area contributed by atoms with Crippen LogP contribution in [0.4, 0.5) is 0 Å². The van der Waals surface area contributed by atoms with Crippen molar-refractivity contribution in [3.63, 3.8) is 0 Å². The molecule has 1 fully saturated rings. The number of hydrogen-bond acceptors (Lipinski definition) is 3. The lowest BCUT2D eigenvalue weighted by Gasteiger charge is -2.20. The standard InChI is InChI=1S/C22H18N2O2/c1-2-14-3-5-15(6-4-14)18-11-16(7-10-23-18)19-12-17-20(26-19)22(8-9-22)13-24-21(17)25/h2-7,10-12H,1,8-9,13H2,(H,24,25). The normalized spacial score (nSPS) is 16.8. The first-order valence-electron chi connectivity index (χ1n) is 8.80. The highest BCUT2D eigenvalue weighted by atomic mass is 16.3. The second kappa shape index (κ2) is 5.43. The van der Waals surface area contributed by atoms with Gasteiger partial charge in [0.15, 0.2) is 0 Å². The molecule has 0 saturated heterocycles. The third-order valence-electron chi connectivity index (χ3n) is 5.39. The third kappa shape index (κ3) is 2.30. The largest absolute Gasteiger partial charge is 0.460 e. The fraction of sp³-hybridized carbons (Fsp3) is 0.182. The highest BCUT2D eigenvalue weighted by Crippen LogP contribution is 2.52. The number of amides is 1. The maximum Gasteiger partial charge on any atom is 0.254 e. The van der Waals surface area contributed by atoms with E-state index in [-0.39, 0.29) is 11.3 Å². The predicted octanol–water partition coefficient (Wildman–Crippen LogP) is 4.43. The summed E-state index contributed by atoms with van der Waals surface area (Å²) in [4.78, 5) is 16.7. The van der Waals surface area contributed by atoms with Crippen LogP contribution in [0.5, 0.6) is 0 Å². The van der Waals surface area contributed by atoms with Gasteiger partial charge in [-0.15, -0.1) is 0 Å². The highest BCUT2D eigenvalue weighted by molar-refractivity contribution is 5.98. The summed E-state index contributed by atoms with van der Waals surface area (Å²) in [5.41, 5.74) is 4.61. The molecule has 0 radical (unpaired) electrons. The smallest absolute Gasteiger partial charge is 0.254 e. The highest BCUT2D eigenvalue weighted by Gasteiger charge is 2.52. The summed E-state index contributed by atoms with van der Waals surface area (Å²) in [7, 11) is 0. The maximum atomic E-state index is 12.2. The van der Waals surface area contributed by atoms with Gasteiger partial charge in [0, 0.05) is 29.3 Å². The molecule has 1 spiro atoms. The Balaban J connectivity index is 1.55. The number of hydrogen-bond donors (Lipinski definition) is 1. The van der Waals surface area contributed by atoms with Crippen LogP contribution in [0.15, 0.2) is 59.7 Å². The topological polar surface area (TPSA) is 55.1 Å². The predicted molar refractivity (Wildman–Crippen MR) is 101 cm³/mol. The fourth-order valence-electron chi connectivity index (χ4n) is 3.61. The molecular formula is C22H18N2O2. The van der Waals surface area contributed by atoms with Crippen LogP contribution in [-0.4, -0.2) is 17.4 Å². The van der Waals surface area contributed by atoms with Gasteiger partial charge in [-0.1, -0.05) is 36.9 Å². The number of fused-ring (bicyclic) bond motifs is 2. The Labute approximate surface area is 151 Å². The van der Waals surface area contributed by atoms with Gasteiger partial charge in [0.2, 0.25) is 0 Å². The second-order valence-electron chi connectivity index (χ2n) is 7.07. The van der Waals surface area contributed by atoms with Crippen LogP contribution in [0.2, 0.25) is 0 Å². The van der Waals surface area contributed by atoms with E-state index in [0.29, 0.717) is 12.1 Å². The van der Waals surface area contributed by atoms with Gasteiger partial charge in [-0.05, 0) is 36.6 Å². The molecule has 2 aromatic heterocycles. The molecule has 1 aliphatic heterocycles. The Bertz CT molecular complexity index is 1030. The first-order valence-corrected chi connectivity index (χ1v) is 8.80.